The average Bonchev–Trinajstić information content (AvgIpc) is 2.33. The lowest BCUT2D eigenvalue weighted by Crippen LogP contribution is -2.54. The van der Waals surface area contributed by atoms with Crippen molar-refractivity contribution in [2.75, 3.05) is 18.0 Å². The summed E-state index contributed by atoms with van der Waals surface area (Å²) in [6.07, 6.45) is 0. The molecule has 1 aliphatic heterocycles. The Morgan fingerprint density at radius 1 is 1.59 bits per heavy atom. The van der Waals surface area contributed by atoms with Crippen molar-refractivity contribution in [3.8, 4) is 0 Å². The average molecular weight is 238 g/mol. The molecule has 5 heteroatoms. The number of halogens is 1. The Bertz CT molecular complexity index is 437. The van der Waals surface area contributed by atoms with Gasteiger partial charge in [0.1, 0.15) is 11.9 Å². The number of amides is 1. The van der Waals surface area contributed by atoms with Crippen LogP contribution in [0.1, 0.15) is 12.5 Å². The molecular weight excluding hydrogens is 223 g/mol. The number of piperazine rings is 1. The molecule has 0 radical (unpaired) electrons. The maximum absolute atomic E-state index is 13.8. The molecule has 0 aliphatic carbocycles. The van der Waals surface area contributed by atoms with E-state index in [1.54, 1.807) is 24.0 Å². The zero-order valence-electron chi connectivity index (χ0n) is 9.61. The third kappa shape index (κ3) is 2.24. The van der Waals surface area contributed by atoms with Crippen molar-refractivity contribution in [2.45, 2.75) is 19.6 Å². The first kappa shape index (κ1) is 11.9. The van der Waals surface area contributed by atoms with Gasteiger partial charge in [-0.25, -0.2) is 4.39 Å². The first-order chi connectivity index (χ1) is 8.13. The SMILES string of the molecule is CC1C(=O)NCCN1c1ccc(CO)cc1F. The van der Waals surface area contributed by atoms with Crippen molar-refractivity contribution >= 4 is 11.6 Å². The van der Waals surface area contributed by atoms with Crippen LogP contribution >= 0.6 is 0 Å². The number of benzene rings is 1. The number of carbonyl (C=O) groups is 1. The summed E-state index contributed by atoms with van der Waals surface area (Å²) in [7, 11) is 0. The molecule has 4 nitrogen and oxygen atoms in total. The van der Waals surface area contributed by atoms with E-state index in [9.17, 15) is 9.18 Å². The zero-order chi connectivity index (χ0) is 12.4. The van der Waals surface area contributed by atoms with Crippen LogP contribution in [0.4, 0.5) is 10.1 Å². The van der Waals surface area contributed by atoms with Gasteiger partial charge >= 0.3 is 0 Å². The maximum atomic E-state index is 13.8. The molecule has 17 heavy (non-hydrogen) atoms. The predicted octanol–water partition coefficient (Wildman–Crippen LogP) is 0.643. The molecule has 1 saturated heterocycles. The molecule has 2 rings (SSSR count). The van der Waals surface area contributed by atoms with Gasteiger partial charge < -0.3 is 15.3 Å². The van der Waals surface area contributed by atoms with Crippen LogP contribution in [0, 0.1) is 5.82 Å². The lowest BCUT2D eigenvalue weighted by Gasteiger charge is -2.34. The summed E-state index contributed by atoms with van der Waals surface area (Å²) in [6.45, 7) is 2.66. The van der Waals surface area contributed by atoms with Crippen molar-refractivity contribution in [3.63, 3.8) is 0 Å². The molecule has 0 aromatic heterocycles. The van der Waals surface area contributed by atoms with Crippen LogP contribution in [-0.2, 0) is 11.4 Å². The fourth-order valence-electron chi connectivity index (χ4n) is 1.99. The third-order valence-electron chi connectivity index (χ3n) is 3.00. The second-order valence-corrected chi connectivity index (χ2v) is 4.10. The van der Waals surface area contributed by atoms with E-state index in [1.165, 1.54) is 6.07 Å². The monoisotopic (exact) mass is 238 g/mol. The minimum Gasteiger partial charge on any atom is -0.392 e. The predicted molar refractivity (Wildman–Crippen MR) is 62.1 cm³/mol. The van der Waals surface area contributed by atoms with E-state index in [-0.39, 0.29) is 18.6 Å². The number of carbonyl (C=O) groups excluding carboxylic acids is 1. The summed E-state index contributed by atoms with van der Waals surface area (Å²) in [5, 5.41) is 11.6. The van der Waals surface area contributed by atoms with Crippen molar-refractivity contribution < 1.29 is 14.3 Å². The summed E-state index contributed by atoms with van der Waals surface area (Å²) < 4.78 is 13.8. The summed E-state index contributed by atoms with van der Waals surface area (Å²) >= 11 is 0. The molecule has 0 spiro atoms. The lowest BCUT2D eigenvalue weighted by molar-refractivity contribution is -0.122. The van der Waals surface area contributed by atoms with Gasteiger partial charge in [-0.2, -0.15) is 0 Å². The second kappa shape index (κ2) is 4.71. The van der Waals surface area contributed by atoms with Crippen LogP contribution < -0.4 is 10.2 Å². The number of hydrogen-bond acceptors (Lipinski definition) is 3. The van der Waals surface area contributed by atoms with E-state index >= 15 is 0 Å². The van der Waals surface area contributed by atoms with E-state index in [0.717, 1.165) is 0 Å². The van der Waals surface area contributed by atoms with Gasteiger partial charge in [-0.3, -0.25) is 4.79 Å². The molecule has 1 aromatic carbocycles. The minimum atomic E-state index is -0.405. The summed E-state index contributed by atoms with van der Waals surface area (Å²) in [4.78, 5) is 13.2. The first-order valence-electron chi connectivity index (χ1n) is 5.57. The Morgan fingerprint density at radius 3 is 3.00 bits per heavy atom. The normalized spacial score (nSPS) is 20.3. The Hall–Kier alpha value is -1.62. The summed E-state index contributed by atoms with van der Waals surface area (Å²) in [6, 6.07) is 4.19. The molecule has 0 bridgehead atoms. The van der Waals surface area contributed by atoms with Gasteiger partial charge in [0.25, 0.3) is 0 Å². The highest BCUT2D eigenvalue weighted by molar-refractivity contribution is 5.86. The van der Waals surface area contributed by atoms with Crippen LogP contribution in [0.5, 0.6) is 0 Å². The van der Waals surface area contributed by atoms with E-state index in [2.05, 4.69) is 5.32 Å². The van der Waals surface area contributed by atoms with E-state index in [0.29, 0.717) is 24.3 Å². The molecule has 1 aromatic rings. The zero-order valence-corrected chi connectivity index (χ0v) is 9.61. The quantitative estimate of drug-likeness (QED) is 0.795. The molecule has 1 heterocycles. The fraction of sp³-hybridized carbons (Fsp3) is 0.417. The fourth-order valence-corrected chi connectivity index (χ4v) is 1.99. The first-order valence-corrected chi connectivity index (χ1v) is 5.57. The van der Waals surface area contributed by atoms with Gasteiger partial charge in [0.15, 0.2) is 0 Å². The highest BCUT2D eigenvalue weighted by Gasteiger charge is 2.27. The van der Waals surface area contributed by atoms with E-state index in [4.69, 9.17) is 5.11 Å². The Kier molecular flexibility index (Phi) is 3.28. The summed E-state index contributed by atoms with van der Waals surface area (Å²) in [5.41, 5.74) is 0.935. The molecule has 1 atom stereocenters. The number of aliphatic hydroxyl groups excluding tert-OH is 1. The van der Waals surface area contributed by atoms with Crippen molar-refractivity contribution in [3.05, 3.63) is 29.6 Å². The largest absolute Gasteiger partial charge is 0.392 e. The number of hydrogen-bond donors (Lipinski definition) is 2. The third-order valence-corrected chi connectivity index (χ3v) is 3.00. The molecular formula is C12H15FN2O2. The number of nitrogens with one attached hydrogen (secondary N) is 1. The molecule has 2 N–H and O–H groups in total. The summed E-state index contributed by atoms with van der Waals surface area (Å²) in [5.74, 6) is -0.500. The van der Waals surface area contributed by atoms with Gasteiger partial charge in [-0.15, -0.1) is 0 Å². The van der Waals surface area contributed by atoms with E-state index in [1.807, 2.05) is 0 Å². The van der Waals surface area contributed by atoms with Gasteiger partial charge in [0, 0.05) is 13.1 Å². The maximum Gasteiger partial charge on any atom is 0.242 e. The number of rotatable bonds is 2. The minimum absolute atomic E-state index is 0.0955. The smallest absolute Gasteiger partial charge is 0.242 e. The number of nitrogens with zero attached hydrogens (tertiary/aromatic N) is 1. The van der Waals surface area contributed by atoms with Gasteiger partial charge in [0.2, 0.25) is 5.91 Å². The topological polar surface area (TPSA) is 52.6 Å². The Balaban J connectivity index is 2.30. The Morgan fingerprint density at radius 2 is 2.35 bits per heavy atom. The number of aliphatic hydroxyl groups is 1. The Labute approximate surface area is 99.0 Å². The van der Waals surface area contributed by atoms with Crippen molar-refractivity contribution in [2.24, 2.45) is 0 Å². The van der Waals surface area contributed by atoms with Crippen LogP contribution in [0.3, 0.4) is 0 Å². The van der Waals surface area contributed by atoms with Crippen LogP contribution in [0.15, 0.2) is 18.2 Å². The molecule has 1 fully saturated rings. The molecule has 1 aliphatic rings. The number of anilines is 1. The highest BCUT2D eigenvalue weighted by atomic mass is 19.1. The highest BCUT2D eigenvalue weighted by Crippen LogP contribution is 2.23. The van der Waals surface area contributed by atoms with Crippen molar-refractivity contribution in [1.29, 1.82) is 0 Å². The van der Waals surface area contributed by atoms with Gasteiger partial charge in [-0.05, 0) is 24.6 Å². The lowest BCUT2D eigenvalue weighted by atomic mass is 10.1. The van der Waals surface area contributed by atoms with Crippen LogP contribution in [-0.4, -0.2) is 30.1 Å². The van der Waals surface area contributed by atoms with Crippen LogP contribution in [0.25, 0.3) is 0 Å². The standard InChI is InChI=1S/C12H15FN2O2/c1-8-12(17)14-4-5-15(8)11-3-2-9(7-16)6-10(11)13/h2-3,6,8,16H,4-5,7H2,1H3,(H,14,17). The molecule has 1 unspecified atom stereocenters. The van der Waals surface area contributed by atoms with Gasteiger partial charge in [-0.1, -0.05) is 6.07 Å². The molecule has 92 valence electrons. The van der Waals surface area contributed by atoms with Crippen molar-refractivity contribution in [1.82, 2.24) is 5.32 Å². The molecule has 1 amide bonds. The second-order valence-electron chi connectivity index (χ2n) is 4.10. The van der Waals surface area contributed by atoms with Crippen LogP contribution in [0.2, 0.25) is 0 Å². The van der Waals surface area contributed by atoms with E-state index < -0.39 is 5.82 Å². The molecule has 0 saturated carbocycles. The van der Waals surface area contributed by atoms with Gasteiger partial charge in [0.05, 0.1) is 12.3 Å².